The number of aromatic nitrogens is 2. The largest absolute Gasteiger partial charge is 0.329 e. The van der Waals surface area contributed by atoms with Crippen molar-refractivity contribution in [1.82, 2.24) is 9.55 Å². The fourth-order valence-electron chi connectivity index (χ4n) is 1.40. The number of H-pyrrole nitrogens is 1. The van der Waals surface area contributed by atoms with Crippen LogP contribution < -0.4 is 11.2 Å². The molecule has 0 radical (unpaired) electrons. The fourth-order valence-corrected chi connectivity index (χ4v) is 2.33. The quantitative estimate of drug-likeness (QED) is 0.843. The highest BCUT2D eigenvalue weighted by atomic mass is 35.5. The molecule has 1 unspecified atom stereocenters. The van der Waals surface area contributed by atoms with Crippen LogP contribution in [0, 0.1) is 5.82 Å². The zero-order chi connectivity index (χ0) is 12.3. The van der Waals surface area contributed by atoms with E-state index in [1.807, 2.05) is 13.2 Å². The third-order valence-corrected chi connectivity index (χ3v) is 3.21. The standard InChI is InChI=1S/C9H12ClFN2O2S/c1-3-5(4-16-2)13-8(14)6(11)7(10)12-9(13)15/h5H,3-4H2,1-2H3,(H,12,15). The van der Waals surface area contributed by atoms with Crippen molar-refractivity contribution in [3.63, 3.8) is 0 Å². The van der Waals surface area contributed by atoms with E-state index in [-0.39, 0.29) is 6.04 Å². The third-order valence-electron chi connectivity index (χ3n) is 2.23. The second kappa shape index (κ2) is 5.54. The van der Waals surface area contributed by atoms with Gasteiger partial charge in [0, 0.05) is 5.75 Å². The van der Waals surface area contributed by atoms with Gasteiger partial charge in [-0.05, 0) is 12.7 Å². The summed E-state index contributed by atoms with van der Waals surface area (Å²) in [6.45, 7) is 1.83. The summed E-state index contributed by atoms with van der Waals surface area (Å²) in [5, 5.41) is -0.537. The summed E-state index contributed by atoms with van der Waals surface area (Å²) in [4.78, 5) is 25.2. The number of rotatable bonds is 4. The highest BCUT2D eigenvalue weighted by molar-refractivity contribution is 7.98. The van der Waals surface area contributed by atoms with Gasteiger partial charge in [0.25, 0.3) is 5.56 Å². The van der Waals surface area contributed by atoms with Gasteiger partial charge >= 0.3 is 5.69 Å². The van der Waals surface area contributed by atoms with Gasteiger partial charge in [0.05, 0.1) is 6.04 Å². The van der Waals surface area contributed by atoms with Crippen molar-refractivity contribution in [3.05, 3.63) is 31.8 Å². The highest BCUT2D eigenvalue weighted by Gasteiger charge is 2.18. The minimum atomic E-state index is -1.11. The molecule has 0 saturated carbocycles. The fraction of sp³-hybridized carbons (Fsp3) is 0.556. The van der Waals surface area contributed by atoms with Crippen molar-refractivity contribution in [2.75, 3.05) is 12.0 Å². The molecule has 0 aliphatic rings. The molecule has 0 fully saturated rings. The van der Waals surface area contributed by atoms with Crippen LogP contribution in [0.15, 0.2) is 9.59 Å². The van der Waals surface area contributed by atoms with E-state index >= 15 is 0 Å². The van der Waals surface area contributed by atoms with E-state index in [9.17, 15) is 14.0 Å². The van der Waals surface area contributed by atoms with Crippen molar-refractivity contribution in [2.24, 2.45) is 0 Å². The van der Waals surface area contributed by atoms with E-state index in [2.05, 4.69) is 4.98 Å². The molecule has 0 aliphatic heterocycles. The predicted octanol–water partition coefficient (Wildman–Crippen LogP) is 1.64. The first-order valence-corrected chi connectivity index (χ1v) is 6.48. The maximum Gasteiger partial charge on any atom is 0.329 e. The number of hydrogen-bond donors (Lipinski definition) is 1. The van der Waals surface area contributed by atoms with Crippen molar-refractivity contribution in [2.45, 2.75) is 19.4 Å². The molecule has 1 atom stereocenters. The summed E-state index contributed by atoms with van der Waals surface area (Å²) in [5.41, 5.74) is -1.63. The van der Waals surface area contributed by atoms with E-state index in [0.29, 0.717) is 12.2 Å². The summed E-state index contributed by atoms with van der Waals surface area (Å²) >= 11 is 6.86. The van der Waals surface area contributed by atoms with Crippen LogP contribution in [0.3, 0.4) is 0 Å². The zero-order valence-corrected chi connectivity index (χ0v) is 10.5. The van der Waals surface area contributed by atoms with Gasteiger partial charge in [0.15, 0.2) is 5.15 Å². The molecule has 0 saturated heterocycles. The summed E-state index contributed by atoms with van der Waals surface area (Å²) in [5.74, 6) is -0.540. The molecule has 0 spiro atoms. The Morgan fingerprint density at radius 3 is 2.69 bits per heavy atom. The number of nitrogens with zero attached hydrogens (tertiary/aromatic N) is 1. The molecule has 0 bridgehead atoms. The van der Waals surface area contributed by atoms with Crippen molar-refractivity contribution < 1.29 is 4.39 Å². The molecule has 1 rings (SSSR count). The number of thioether (sulfide) groups is 1. The molecular weight excluding hydrogens is 255 g/mol. The molecule has 0 aliphatic carbocycles. The molecule has 1 aromatic rings. The van der Waals surface area contributed by atoms with E-state index in [0.717, 1.165) is 4.57 Å². The Labute approximate surface area is 101 Å². The minimum Gasteiger partial charge on any atom is -0.295 e. The lowest BCUT2D eigenvalue weighted by Gasteiger charge is -2.15. The van der Waals surface area contributed by atoms with Gasteiger partial charge in [-0.3, -0.25) is 14.3 Å². The Balaban J connectivity index is 3.38. The normalized spacial score (nSPS) is 12.8. The van der Waals surface area contributed by atoms with Crippen LogP contribution in [0.25, 0.3) is 0 Å². The van der Waals surface area contributed by atoms with Gasteiger partial charge in [-0.2, -0.15) is 16.2 Å². The van der Waals surface area contributed by atoms with Gasteiger partial charge in [-0.25, -0.2) is 4.79 Å². The first-order valence-electron chi connectivity index (χ1n) is 4.71. The first kappa shape index (κ1) is 13.3. The molecule has 0 aromatic carbocycles. The topological polar surface area (TPSA) is 54.9 Å². The van der Waals surface area contributed by atoms with Gasteiger partial charge < -0.3 is 0 Å². The van der Waals surface area contributed by atoms with Crippen LogP contribution in [0.5, 0.6) is 0 Å². The lowest BCUT2D eigenvalue weighted by Crippen LogP contribution is -2.40. The van der Waals surface area contributed by atoms with Crippen molar-refractivity contribution in [1.29, 1.82) is 0 Å². The summed E-state index contributed by atoms with van der Waals surface area (Å²) in [7, 11) is 0. The molecule has 7 heteroatoms. The van der Waals surface area contributed by atoms with Gasteiger partial charge in [-0.15, -0.1) is 0 Å². The number of nitrogens with one attached hydrogen (secondary N) is 1. The smallest absolute Gasteiger partial charge is 0.295 e. The highest BCUT2D eigenvalue weighted by Crippen LogP contribution is 2.13. The van der Waals surface area contributed by atoms with Crippen LogP contribution in [-0.4, -0.2) is 21.6 Å². The molecular formula is C9H12ClFN2O2S. The minimum absolute atomic E-state index is 0.321. The molecule has 1 heterocycles. The van der Waals surface area contributed by atoms with Crippen LogP contribution in [0.1, 0.15) is 19.4 Å². The van der Waals surface area contributed by atoms with Crippen LogP contribution in [0.4, 0.5) is 4.39 Å². The Morgan fingerprint density at radius 1 is 1.56 bits per heavy atom. The molecule has 16 heavy (non-hydrogen) atoms. The Hall–Kier alpha value is -0.750. The van der Waals surface area contributed by atoms with E-state index in [1.54, 1.807) is 0 Å². The Kier molecular flexibility index (Phi) is 4.61. The first-order chi connectivity index (χ1) is 7.52. The third kappa shape index (κ3) is 2.49. The monoisotopic (exact) mass is 266 g/mol. The average Bonchev–Trinajstić information content (AvgIpc) is 2.25. The maximum absolute atomic E-state index is 13.3. The summed E-state index contributed by atoms with van der Waals surface area (Å²) in [6.07, 6.45) is 2.43. The van der Waals surface area contributed by atoms with Gasteiger partial charge in [-0.1, -0.05) is 18.5 Å². The second-order valence-electron chi connectivity index (χ2n) is 3.25. The number of aromatic amines is 1. The molecule has 1 aromatic heterocycles. The van der Waals surface area contributed by atoms with Gasteiger partial charge in [0.1, 0.15) is 0 Å². The van der Waals surface area contributed by atoms with Crippen molar-refractivity contribution in [3.8, 4) is 0 Å². The lowest BCUT2D eigenvalue weighted by molar-refractivity contribution is 0.466. The Bertz CT molecular complexity index is 485. The molecule has 90 valence electrons. The number of halogens is 2. The number of hydrogen-bond acceptors (Lipinski definition) is 3. The summed E-state index contributed by atoms with van der Waals surface area (Å²) < 4.78 is 14.2. The molecule has 1 N–H and O–H groups in total. The van der Waals surface area contributed by atoms with Crippen molar-refractivity contribution >= 4 is 23.4 Å². The average molecular weight is 267 g/mol. The SMILES string of the molecule is CCC(CSC)n1c(=O)[nH]c(Cl)c(F)c1=O. The van der Waals surface area contributed by atoms with Crippen LogP contribution >= 0.6 is 23.4 Å². The van der Waals surface area contributed by atoms with Crippen LogP contribution in [0.2, 0.25) is 5.15 Å². The Morgan fingerprint density at radius 2 is 2.19 bits per heavy atom. The summed E-state index contributed by atoms with van der Waals surface area (Å²) in [6, 6.07) is -0.321. The predicted molar refractivity (Wildman–Crippen MR) is 64.0 cm³/mol. The van der Waals surface area contributed by atoms with E-state index in [4.69, 9.17) is 11.6 Å². The molecule has 4 nitrogen and oxygen atoms in total. The van der Waals surface area contributed by atoms with Crippen LogP contribution in [-0.2, 0) is 0 Å². The zero-order valence-electron chi connectivity index (χ0n) is 8.92. The van der Waals surface area contributed by atoms with E-state index in [1.165, 1.54) is 11.8 Å². The molecule has 0 amide bonds. The maximum atomic E-state index is 13.3. The van der Waals surface area contributed by atoms with E-state index < -0.39 is 22.2 Å². The second-order valence-corrected chi connectivity index (χ2v) is 4.54. The lowest BCUT2D eigenvalue weighted by atomic mass is 10.2. The van der Waals surface area contributed by atoms with Gasteiger partial charge in [0.2, 0.25) is 5.82 Å².